The molecule has 0 radical (unpaired) electrons. The maximum atomic E-state index is 14.0. The van der Waals surface area contributed by atoms with Crippen molar-refractivity contribution in [1.82, 2.24) is 5.32 Å². The number of ether oxygens (including phenoxy) is 1. The number of thioether (sulfide) groups is 1. The number of hydrogen-bond acceptors (Lipinski definition) is 5. The van der Waals surface area contributed by atoms with E-state index < -0.39 is 4.87 Å². The monoisotopic (exact) mass is 465 g/mol. The number of amides is 3. The summed E-state index contributed by atoms with van der Waals surface area (Å²) in [5.41, 5.74) is 2.05. The highest BCUT2D eigenvalue weighted by Gasteiger charge is 2.61. The number of para-hydroxylation sites is 1. The Bertz CT molecular complexity index is 1080. The molecule has 33 heavy (non-hydrogen) atoms. The first-order valence-electron chi connectivity index (χ1n) is 11.4. The Labute approximate surface area is 197 Å². The smallest absolute Gasteiger partial charge is 0.269 e. The quantitative estimate of drug-likeness (QED) is 0.732. The molecule has 0 aromatic heterocycles. The number of methoxy groups -OCH3 is 1. The van der Waals surface area contributed by atoms with Gasteiger partial charge in [0.1, 0.15) is 12.3 Å². The number of anilines is 2. The second-order valence-electron chi connectivity index (χ2n) is 8.67. The maximum Gasteiger partial charge on any atom is 0.269 e. The normalized spacial score (nSPS) is 22.7. The van der Waals surface area contributed by atoms with Crippen molar-refractivity contribution in [2.24, 2.45) is 0 Å². The van der Waals surface area contributed by atoms with Gasteiger partial charge in [0, 0.05) is 17.3 Å². The lowest BCUT2D eigenvalue weighted by Crippen LogP contribution is -2.52. The summed E-state index contributed by atoms with van der Waals surface area (Å²) in [5, 5.41) is 3.11. The fraction of sp³-hybridized carbons (Fsp3) is 0.400. The lowest BCUT2D eigenvalue weighted by Gasteiger charge is -2.33. The Balaban J connectivity index is 1.48. The second kappa shape index (κ2) is 8.74. The molecular formula is C25H27N3O4S. The molecule has 7 nitrogen and oxygen atoms in total. The molecule has 2 aliphatic heterocycles. The van der Waals surface area contributed by atoms with Crippen molar-refractivity contribution in [3.63, 3.8) is 0 Å². The highest BCUT2D eigenvalue weighted by molar-refractivity contribution is 8.02. The highest BCUT2D eigenvalue weighted by Crippen LogP contribution is 2.55. The summed E-state index contributed by atoms with van der Waals surface area (Å²) in [6.45, 7) is -0.0563. The van der Waals surface area contributed by atoms with Crippen molar-refractivity contribution in [2.45, 2.75) is 43.0 Å². The van der Waals surface area contributed by atoms with E-state index in [0.29, 0.717) is 17.1 Å². The first-order valence-corrected chi connectivity index (χ1v) is 12.3. The minimum Gasteiger partial charge on any atom is -0.497 e. The zero-order valence-corrected chi connectivity index (χ0v) is 19.4. The van der Waals surface area contributed by atoms with E-state index >= 15 is 0 Å². The molecule has 1 aliphatic carbocycles. The molecule has 2 aromatic carbocycles. The van der Waals surface area contributed by atoms with Crippen LogP contribution in [0.15, 0.2) is 48.5 Å². The van der Waals surface area contributed by atoms with E-state index in [1.54, 1.807) is 36.3 Å². The van der Waals surface area contributed by atoms with Gasteiger partial charge in [-0.05, 0) is 43.2 Å². The number of nitrogens with one attached hydrogen (secondary N) is 1. The van der Waals surface area contributed by atoms with Crippen LogP contribution >= 0.6 is 11.8 Å². The average Bonchev–Trinajstić information content (AvgIpc) is 3.31. The van der Waals surface area contributed by atoms with Gasteiger partial charge in [-0.3, -0.25) is 24.2 Å². The van der Waals surface area contributed by atoms with Crippen LogP contribution in [0.25, 0.3) is 0 Å². The topological polar surface area (TPSA) is 79.0 Å². The van der Waals surface area contributed by atoms with Crippen molar-refractivity contribution in [3.05, 3.63) is 54.1 Å². The molecule has 1 saturated carbocycles. The van der Waals surface area contributed by atoms with E-state index in [1.807, 2.05) is 24.3 Å². The molecule has 172 valence electrons. The maximum absolute atomic E-state index is 14.0. The van der Waals surface area contributed by atoms with E-state index in [1.165, 1.54) is 23.1 Å². The summed E-state index contributed by atoms with van der Waals surface area (Å²) in [4.78, 5) is 41.8. The lowest BCUT2D eigenvalue weighted by atomic mass is 9.95. The van der Waals surface area contributed by atoms with Gasteiger partial charge < -0.3 is 10.1 Å². The Morgan fingerprint density at radius 3 is 2.55 bits per heavy atom. The molecule has 1 spiro atoms. The van der Waals surface area contributed by atoms with Gasteiger partial charge in [0.25, 0.3) is 5.91 Å². The fourth-order valence-electron chi connectivity index (χ4n) is 5.11. The molecule has 1 saturated heterocycles. The zero-order valence-electron chi connectivity index (χ0n) is 18.6. The van der Waals surface area contributed by atoms with E-state index in [4.69, 9.17) is 4.74 Å². The van der Waals surface area contributed by atoms with E-state index in [9.17, 15) is 14.4 Å². The van der Waals surface area contributed by atoms with Gasteiger partial charge in [0.05, 0.1) is 18.6 Å². The van der Waals surface area contributed by atoms with Crippen LogP contribution in [0.5, 0.6) is 5.75 Å². The van der Waals surface area contributed by atoms with Crippen LogP contribution < -0.4 is 19.9 Å². The molecule has 3 amide bonds. The average molecular weight is 466 g/mol. The Morgan fingerprint density at radius 2 is 1.82 bits per heavy atom. The predicted molar refractivity (Wildman–Crippen MR) is 128 cm³/mol. The zero-order chi connectivity index (χ0) is 23.0. The molecule has 5 rings (SSSR count). The molecule has 2 heterocycles. The number of carbonyl (C=O) groups is 3. The Hall–Kier alpha value is -3.00. The number of hydrogen-bond donors (Lipinski definition) is 1. The standard InChI is InChI=1S/C25H27N3O4S/c1-32-19-13-11-18(12-14-19)28-23(30)16-33-25(28)20-9-5-6-10-21(20)27(24(25)31)15-22(29)26-17-7-3-2-4-8-17/h5-6,9-14,17H,2-4,7-8,15-16H2,1H3,(H,26,29)/t25-/m0/s1. The number of benzene rings is 2. The van der Waals surface area contributed by atoms with Crippen LogP contribution in [-0.4, -0.2) is 43.2 Å². The van der Waals surface area contributed by atoms with Crippen LogP contribution in [0.4, 0.5) is 11.4 Å². The van der Waals surface area contributed by atoms with Gasteiger partial charge in [-0.15, -0.1) is 11.8 Å². The van der Waals surface area contributed by atoms with Crippen LogP contribution in [0.1, 0.15) is 37.7 Å². The Kier molecular flexibility index (Phi) is 5.78. The largest absolute Gasteiger partial charge is 0.497 e. The summed E-state index contributed by atoms with van der Waals surface area (Å²) in [6, 6.07) is 14.8. The molecule has 1 N–H and O–H groups in total. The molecule has 1 atom stereocenters. The molecule has 0 unspecified atom stereocenters. The van der Waals surface area contributed by atoms with Crippen molar-refractivity contribution >= 4 is 40.9 Å². The van der Waals surface area contributed by atoms with Crippen LogP contribution in [-0.2, 0) is 19.3 Å². The second-order valence-corrected chi connectivity index (χ2v) is 9.84. The lowest BCUT2D eigenvalue weighted by molar-refractivity contribution is -0.126. The minimum atomic E-state index is -1.21. The van der Waals surface area contributed by atoms with Gasteiger partial charge >= 0.3 is 0 Å². The van der Waals surface area contributed by atoms with Gasteiger partial charge in [-0.1, -0.05) is 37.5 Å². The summed E-state index contributed by atoms with van der Waals surface area (Å²) < 4.78 is 5.25. The third-order valence-electron chi connectivity index (χ3n) is 6.67. The molecular weight excluding hydrogens is 438 g/mol. The number of rotatable bonds is 5. The van der Waals surface area contributed by atoms with Crippen molar-refractivity contribution in [2.75, 3.05) is 29.2 Å². The van der Waals surface area contributed by atoms with E-state index in [0.717, 1.165) is 31.2 Å². The van der Waals surface area contributed by atoms with Crippen LogP contribution in [0.3, 0.4) is 0 Å². The third kappa shape index (κ3) is 3.66. The first-order chi connectivity index (χ1) is 16.0. The van der Waals surface area contributed by atoms with E-state index in [2.05, 4.69) is 5.32 Å². The van der Waals surface area contributed by atoms with Crippen molar-refractivity contribution < 1.29 is 19.1 Å². The molecule has 8 heteroatoms. The molecule has 2 fully saturated rings. The summed E-state index contributed by atoms with van der Waals surface area (Å²) in [5.74, 6) is 0.309. The predicted octanol–water partition coefficient (Wildman–Crippen LogP) is 3.42. The van der Waals surface area contributed by atoms with Gasteiger partial charge in [-0.2, -0.15) is 0 Å². The third-order valence-corrected chi connectivity index (χ3v) is 8.05. The van der Waals surface area contributed by atoms with Crippen LogP contribution in [0, 0.1) is 0 Å². The molecule has 0 bridgehead atoms. The number of carbonyl (C=O) groups excluding carboxylic acids is 3. The van der Waals surface area contributed by atoms with E-state index in [-0.39, 0.29) is 36.1 Å². The summed E-state index contributed by atoms with van der Waals surface area (Å²) >= 11 is 1.31. The van der Waals surface area contributed by atoms with Crippen molar-refractivity contribution in [1.29, 1.82) is 0 Å². The number of fused-ring (bicyclic) bond motifs is 2. The van der Waals surface area contributed by atoms with Gasteiger partial charge in [0.2, 0.25) is 16.7 Å². The minimum absolute atomic E-state index is 0.0563. The summed E-state index contributed by atoms with van der Waals surface area (Å²) in [6.07, 6.45) is 5.41. The number of nitrogens with zero attached hydrogens (tertiary/aromatic N) is 2. The van der Waals surface area contributed by atoms with Crippen LogP contribution in [0.2, 0.25) is 0 Å². The van der Waals surface area contributed by atoms with Gasteiger partial charge in [0.15, 0.2) is 0 Å². The Morgan fingerprint density at radius 1 is 1.09 bits per heavy atom. The SMILES string of the molecule is COc1ccc(N2C(=O)CS[C@@]23C(=O)N(CC(=O)NC2CCCCC2)c2ccccc23)cc1. The molecule has 3 aliphatic rings. The molecule has 2 aromatic rings. The summed E-state index contributed by atoms with van der Waals surface area (Å²) in [7, 11) is 1.58. The fourth-order valence-corrected chi connectivity index (χ4v) is 6.47. The first kappa shape index (κ1) is 21.8. The van der Waals surface area contributed by atoms with Gasteiger partial charge in [-0.25, -0.2) is 0 Å². The van der Waals surface area contributed by atoms with Crippen molar-refractivity contribution in [3.8, 4) is 5.75 Å². The highest BCUT2D eigenvalue weighted by atomic mass is 32.2.